The summed E-state index contributed by atoms with van der Waals surface area (Å²) < 4.78 is 7.23. The van der Waals surface area contributed by atoms with Crippen LogP contribution in [0.1, 0.15) is 23.6 Å². The van der Waals surface area contributed by atoms with Crippen molar-refractivity contribution >= 4 is 0 Å². The molecule has 0 amide bonds. The molecule has 0 saturated carbocycles. The molecule has 148 valence electrons. The Bertz CT molecular complexity index is 890. The number of aliphatic hydroxyl groups excluding tert-OH is 1. The topological polar surface area (TPSA) is 59.3 Å². The zero-order chi connectivity index (χ0) is 19.9. The molecule has 0 aliphatic rings. The molecule has 3 rings (SSSR count). The fourth-order valence-electron chi connectivity index (χ4n) is 3.15. The first-order valence-corrected chi connectivity index (χ1v) is 9.76. The van der Waals surface area contributed by atoms with E-state index in [0.29, 0.717) is 26.3 Å². The van der Waals surface area contributed by atoms with E-state index in [4.69, 9.17) is 9.84 Å². The van der Waals surface area contributed by atoms with Crippen LogP contribution in [0.3, 0.4) is 0 Å². The largest absolute Gasteiger partial charge is 0.389 e. The molecule has 0 fully saturated rings. The Morgan fingerprint density at radius 3 is 2.68 bits per heavy atom. The van der Waals surface area contributed by atoms with Crippen molar-refractivity contribution in [3.05, 3.63) is 71.4 Å². The number of aliphatic hydroxyl groups is 1. The van der Waals surface area contributed by atoms with Crippen molar-refractivity contribution in [2.75, 3.05) is 19.8 Å². The van der Waals surface area contributed by atoms with Crippen LogP contribution in [0.15, 0.2) is 54.7 Å². The molecular formula is C23H29N3O2. The van der Waals surface area contributed by atoms with Crippen LogP contribution in [0.2, 0.25) is 0 Å². The van der Waals surface area contributed by atoms with Crippen LogP contribution in [-0.4, -0.2) is 40.7 Å². The van der Waals surface area contributed by atoms with Gasteiger partial charge in [-0.2, -0.15) is 5.10 Å². The van der Waals surface area contributed by atoms with Gasteiger partial charge in [0.05, 0.1) is 24.1 Å². The van der Waals surface area contributed by atoms with Gasteiger partial charge in [0.15, 0.2) is 0 Å². The molecule has 2 aromatic carbocycles. The SMILES string of the molecule is CCOCC(O)CNCc1cn(-c2cc(C)ccc2C)nc1-c1ccccc1. The van der Waals surface area contributed by atoms with Crippen LogP contribution in [0, 0.1) is 13.8 Å². The second-order valence-electron chi connectivity index (χ2n) is 7.05. The summed E-state index contributed by atoms with van der Waals surface area (Å²) in [5.74, 6) is 0. The zero-order valence-electron chi connectivity index (χ0n) is 16.9. The molecule has 5 nitrogen and oxygen atoms in total. The molecule has 0 spiro atoms. The predicted molar refractivity (Wildman–Crippen MR) is 113 cm³/mol. The minimum Gasteiger partial charge on any atom is -0.389 e. The van der Waals surface area contributed by atoms with Crippen molar-refractivity contribution in [2.24, 2.45) is 0 Å². The average molecular weight is 380 g/mol. The lowest BCUT2D eigenvalue weighted by Crippen LogP contribution is -2.30. The summed E-state index contributed by atoms with van der Waals surface area (Å²) in [5, 5.41) is 18.2. The third-order valence-corrected chi connectivity index (χ3v) is 4.66. The lowest BCUT2D eigenvalue weighted by Gasteiger charge is -2.11. The van der Waals surface area contributed by atoms with Crippen molar-refractivity contribution in [3.63, 3.8) is 0 Å². The zero-order valence-corrected chi connectivity index (χ0v) is 16.9. The Hall–Kier alpha value is -2.47. The number of aryl methyl sites for hydroxylation is 2. The molecule has 28 heavy (non-hydrogen) atoms. The van der Waals surface area contributed by atoms with E-state index in [0.717, 1.165) is 22.5 Å². The number of ether oxygens (including phenoxy) is 1. The number of hydrogen-bond acceptors (Lipinski definition) is 4. The summed E-state index contributed by atoms with van der Waals surface area (Å²) in [4.78, 5) is 0. The van der Waals surface area contributed by atoms with Gasteiger partial charge >= 0.3 is 0 Å². The highest BCUT2D eigenvalue weighted by molar-refractivity contribution is 5.63. The first-order chi connectivity index (χ1) is 13.6. The van der Waals surface area contributed by atoms with E-state index >= 15 is 0 Å². The maximum absolute atomic E-state index is 9.99. The standard InChI is InChI=1S/C23H29N3O2/c1-4-28-16-21(27)14-24-13-20-15-26(22-12-17(2)10-11-18(22)3)25-23(20)19-8-6-5-7-9-19/h5-12,15,21,24,27H,4,13-14,16H2,1-3H3. The summed E-state index contributed by atoms with van der Waals surface area (Å²) in [5.41, 5.74) is 6.59. The summed E-state index contributed by atoms with van der Waals surface area (Å²) in [7, 11) is 0. The summed E-state index contributed by atoms with van der Waals surface area (Å²) in [6, 6.07) is 16.6. The van der Waals surface area contributed by atoms with E-state index in [1.807, 2.05) is 29.8 Å². The number of nitrogens with one attached hydrogen (secondary N) is 1. The summed E-state index contributed by atoms with van der Waals surface area (Å²) in [6.45, 7) is 8.16. The highest BCUT2D eigenvalue weighted by Gasteiger charge is 2.14. The van der Waals surface area contributed by atoms with Gasteiger partial charge < -0.3 is 15.2 Å². The van der Waals surface area contributed by atoms with E-state index in [2.05, 4.69) is 55.7 Å². The van der Waals surface area contributed by atoms with Crippen LogP contribution < -0.4 is 5.32 Å². The van der Waals surface area contributed by atoms with Crippen LogP contribution in [0.4, 0.5) is 0 Å². The van der Waals surface area contributed by atoms with Gasteiger partial charge in [-0.15, -0.1) is 0 Å². The van der Waals surface area contributed by atoms with Gasteiger partial charge in [-0.25, -0.2) is 4.68 Å². The number of hydrogen-bond donors (Lipinski definition) is 2. The van der Waals surface area contributed by atoms with E-state index in [9.17, 15) is 5.11 Å². The van der Waals surface area contributed by atoms with Crippen LogP contribution in [0.25, 0.3) is 16.9 Å². The Morgan fingerprint density at radius 2 is 1.93 bits per heavy atom. The fourth-order valence-corrected chi connectivity index (χ4v) is 3.15. The van der Waals surface area contributed by atoms with Gasteiger partial charge in [-0.1, -0.05) is 42.5 Å². The molecule has 0 aliphatic carbocycles. The van der Waals surface area contributed by atoms with Crippen molar-refractivity contribution < 1.29 is 9.84 Å². The Kier molecular flexibility index (Phi) is 6.98. The number of aromatic nitrogens is 2. The number of nitrogens with zero attached hydrogens (tertiary/aromatic N) is 2. The van der Waals surface area contributed by atoms with Gasteiger partial charge in [0.25, 0.3) is 0 Å². The first-order valence-electron chi connectivity index (χ1n) is 9.76. The van der Waals surface area contributed by atoms with Crippen molar-refractivity contribution in [1.82, 2.24) is 15.1 Å². The molecule has 2 N–H and O–H groups in total. The highest BCUT2D eigenvalue weighted by Crippen LogP contribution is 2.25. The van der Waals surface area contributed by atoms with Crippen LogP contribution in [-0.2, 0) is 11.3 Å². The van der Waals surface area contributed by atoms with E-state index in [-0.39, 0.29) is 0 Å². The van der Waals surface area contributed by atoms with Gasteiger partial charge in [0.1, 0.15) is 0 Å². The van der Waals surface area contributed by atoms with Gasteiger partial charge in [0, 0.05) is 37.0 Å². The lowest BCUT2D eigenvalue weighted by atomic mass is 10.1. The third kappa shape index (κ3) is 5.07. The van der Waals surface area contributed by atoms with E-state index in [1.54, 1.807) is 0 Å². The summed E-state index contributed by atoms with van der Waals surface area (Å²) in [6.07, 6.45) is 1.56. The normalized spacial score (nSPS) is 12.3. The monoisotopic (exact) mass is 379 g/mol. The van der Waals surface area contributed by atoms with Crippen molar-refractivity contribution in [3.8, 4) is 16.9 Å². The van der Waals surface area contributed by atoms with Crippen LogP contribution >= 0.6 is 0 Å². The Balaban J connectivity index is 1.85. The molecule has 0 aliphatic heterocycles. The molecule has 0 bridgehead atoms. The molecule has 0 saturated heterocycles. The Labute approximate surface area is 167 Å². The summed E-state index contributed by atoms with van der Waals surface area (Å²) >= 11 is 0. The lowest BCUT2D eigenvalue weighted by molar-refractivity contribution is 0.0427. The highest BCUT2D eigenvalue weighted by atomic mass is 16.5. The van der Waals surface area contributed by atoms with Crippen molar-refractivity contribution in [1.29, 1.82) is 0 Å². The molecule has 3 aromatic rings. The minimum atomic E-state index is -0.519. The maximum atomic E-state index is 9.99. The second-order valence-corrected chi connectivity index (χ2v) is 7.05. The predicted octanol–water partition coefficient (Wildman–Crippen LogP) is 3.64. The molecule has 1 atom stereocenters. The van der Waals surface area contributed by atoms with E-state index in [1.165, 1.54) is 11.1 Å². The first kappa shape index (κ1) is 20.3. The van der Waals surface area contributed by atoms with Crippen LogP contribution in [0.5, 0.6) is 0 Å². The molecule has 1 heterocycles. The molecule has 0 radical (unpaired) electrons. The maximum Gasteiger partial charge on any atom is 0.0972 e. The third-order valence-electron chi connectivity index (χ3n) is 4.66. The smallest absolute Gasteiger partial charge is 0.0972 e. The fraction of sp³-hybridized carbons (Fsp3) is 0.348. The van der Waals surface area contributed by atoms with Gasteiger partial charge in [0.2, 0.25) is 0 Å². The molecule has 5 heteroatoms. The van der Waals surface area contributed by atoms with E-state index < -0.39 is 6.10 Å². The Morgan fingerprint density at radius 1 is 1.14 bits per heavy atom. The molecule has 1 aromatic heterocycles. The van der Waals surface area contributed by atoms with Crippen molar-refractivity contribution in [2.45, 2.75) is 33.4 Å². The average Bonchev–Trinajstić information content (AvgIpc) is 3.13. The number of rotatable bonds is 9. The number of benzene rings is 2. The molecular weight excluding hydrogens is 350 g/mol. The van der Waals surface area contributed by atoms with Gasteiger partial charge in [-0.3, -0.25) is 0 Å². The van der Waals surface area contributed by atoms with Gasteiger partial charge in [-0.05, 0) is 38.0 Å². The minimum absolute atomic E-state index is 0.344. The molecule has 1 unspecified atom stereocenters. The quantitative estimate of drug-likeness (QED) is 0.596. The second kappa shape index (κ2) is 9.64.